The molecule has 5 nitrogen and oxygen atoms in total. The zero-order valence-corrected chi connectivity index (χ0v) is 17.3. The molecule has 6 heteroatoms. The van der Waals surface area contributed by atoms with Gasteiger partial charge in [-0.15, -0.1) is 0 Å². The first-order chi connectivity index (χ1) is 13.2. The smallest absolute Gasteiger partial charge is 0.191 e. The minimum atomic E-state index is 0.451. The molecule has 27 heavy (non-hydrogen) atoms. The molecule has 2 N–H and O–H groups in total. The highest BCUT2D eigenvalue weighted by Crippen LogP contribution is 2.17. The van der Waals surface area contributed by atoms with E-state index in [1.165, 1.54) is 16.7 Å². The van der Waals surface area contributed by atoms with Crippen LogP contribution in [0.15, 0.2) is 46.1 Å². The van der Waals surface area contributed by atoms with E-state index in [9.17, 15) is 0 Å². The van der Waals surface area contributed by atoms with Gasteiger partial charge < -0.3 is 20.1 Å². The maximum Gasteiger partial charge on any atom is 0.191 e. The molecule has 0 aliphatic heterocycles. The molecule has 0 amide bonds. The molecule has 1 atom stereocenters. The van der Waals surface area contributed by atoms with Crippen molar-refractivity contribution in [3.05, 3.63) is 57.8 Å². The summed E-state index contributed by atoms with van der Waals surface area (Å²) in [5.41, 5.74) is 3.73. The Kier molecular flexibility index (Phi) is 9.90. The Morgan fingerprint density at radius 3 is 2.70 bits per heavy atom. The molecule has 0 bridgehead atoms. The van der Waals surface area contributed by atoms with Gasteiger partial charge in [0.2, 0.25) is 0 Å². The molecule has 2 aromatic rings. The molecule has 0 fully saturated rings. The number of nitrogens with one attached hydrogen (secondary N) is 2. The van der Waals surface area contributed by atoms with E-state index in [4.69, 9.17) is 9.47 Å². The van der Waals surface area contributed by atoms with Gasteiger partial charge in [0.1, 0.15) is 0 Å². The third-order valence-electron chi connectivity index (χ3n) is 4.21. The number of benzene rings is 1. The van der Waals surface area contributed by atoms with Crippen LogP contribution in [0.5, 0.6) is 0 Å². The fourth-order valence-electron chi connectivity index (χ4n) is 2.61. The first-order valence-corrected chi connectivity index (χ1v) is 10.4. The van der Waals surface area contributed by atoms with Crippen molar-refractivity contribution in [2.45, 2.75) is 32.9 Å². The van der Waals surface area contributed by atoms with Crippen LogP contribution in [0.1, 0.15) is 36.5 Å². The van der Waals surface area contributed by atoms with Crippen molar-refractivity contribution in [2.75, 3.05) is 33.4 Å². The van der Waals surface area contributed by atoms with Crippen LogP contribution in [0.25, 0.3) is 0 Å². The molecular formula is C21H31N3O2S. The summed E-state index contributed by atoms with van der Waals surface area (Å²) in [4.78, 5) is 4.32. The van der Waals surface area contributed by atoms with Gasteiger partial charge in [0.25, 0.3) is 0 Å². The monoisotopic (exact) mass is 389 g/mol. The second-order valence-corrected chi connectivity index (χ2v) is 7.11. The van der Waals surface area contributed by atoms with Gasteiger partial charge in [-0.2, -0.15) is 11.3 Å². The highest BCUT2D eigenvalue weighted by Gasteiger charge is 2.07. The quantitative estimate of drug-likeness (QED) is 0.349. The third kappa shape index (κ3) is 8.12. The van der Waals surface area contributed by atoms with Gasteiger partial charge in [-0.1, -0.05) is 31.2 Å². The SMILES string of the molecule is CCOCCOCc1cccc(CNC(=NC)NCC(C)c2ccsc2)c1. The Hall–Kier alpha value is -1.89. The van der Waals surface area contributed by atoms with E-state index in [0.29, 0.717) is 25.7 Å². The van der Waals surface area contributed by atoms with Crippen molar-refractivity contribution in [3.63, 3.8) is 0 Å². The molecule has 0 aliphatic carbocycles. The Bertz CT molecular complexity index is 674. The Morgan fingerprint density at radius 2 is 1.96 bits per heavy atom. The average Bonchev–Trinajstić information content (AvgIpc) is 3.23. The van der Waals surface area contributed by atoms with Gasteiger partial charge in [-0.25, -0.2) is 0 Å². The highest BCUT2D eigenvalue weighted by molar-refractivity contribution is 7.07. The lowest BCUT2D eigenvalue weighted by Gasteiger charge is -2.16. The van der Waals surface area contributed by atoms with Crippen molar-refractivity contribution in [1.29, 1.82) is 0 Å². The van der Waals surface area contributed by atoms with Crippen LogP contribution in [-0.4, -0.2) is 39.4 Å². The zero-order chi connectivity index (χ0) is 19.3. The molecule has 1 heterocycles. The largest absolute Gasteiger partial charge is 0.379 e. The average molecular weight is 390 g/mol. The highest BCUT2D eigenvalue weighted by atomic mass is 32.1. The summed E-state index contributed by atoms with van der Waals surface area (Å²) >= 11 is 1.74. The molecule has 0 saturated carbocycles. The van der Waals surface area contributed by atoms with Gasteiger partial charge >= 0.3 is 0 Å². The Balaban J connectivity index is 1.74. The summed E-state index contributed by atoms with van der Waals surface area (Å²) in [5.74, 6) is 1.27. The lowest BCUT2D eigenvalue weighted by Crippen LogP contribution is -2.38. The van der Waals surface area contributed by atoms with Gasteiger partial charge in [-0.05, 0) is 46.4 Å². The minimum absolute atomic E-state index is 0.451. The van der Waals surface area contributed by atoms with E-state index in [2.05, 4.69) is 63.6 Å². The number of aliphatic imine (C=N–C) groups is 1. The maximum absolute atomic E-state index is 5.64. The van der Waals surface area contributed by atoms with Gasteiger partial charge in [-0.3, -0.25) is 4.99 Å². The summed E-state index contributed by atoms with van der Waals surface area (Å²) in [6.07, 6.45) is 0. The number of thiophene rings is 1. The van der Waals surface area contributed by atoms with Crippen LogP contribution in [0.3, 0.4) is 0 Å². The van der Waals surface area contributed by atoms with Crippen LogP contribution in [0, 0.1) is 0 Å². The van der Waals surface area contributed by atoms with Crippen molar-refractivity contribution in [3.8, 4) is 0 Å². The molecule has 1 aromatic carbocycles. The topological polar surface area (TPSA) is 54.9 Å². The van der Waals surface area contributed by atoms with Gasteiger partial charge in [0.05, 0.1) is 19.8 Å². The van der Waals surface area contributed by atoms with Gasteiger partial charge in [0.15, 0.2) is 5.96 Å². The Morgan fingerprint density at radius 1 is 1.15 bits per heavy atom. The maximum atomic E-state index is 5.64. The van der Waals surface area contributed by atoms with E-state index < -0.39 is 0 Å². The van der Waals surface area contributed by atoms with E-state index >= 15 is 0 Å². The van der Waals surface area contributed by atoms with E-state index in [1.807, 2.05) is 6.92 Å². The summed E-state index contributed by atoms with van der Waals surface area (Å²) < 4.78 is 10.9. The van der Waals surface area contributed by atoms with E-state index in [-0.39, 0.29) is 0 Å². The zero-order valence-electron chi connectivity index (χ0n) is 16.5. The van der Waals surface area contributed by atoms with Crippen LogP contribution in [0.4, 0.5) is 0 Å². The standard InChI is InChI=1S/C21H31N3O2S/c1-4-25-9-10-26-15-19-7-5-6-18(12-19)14-24-21(22-3)23-13-17(2)20-8-11-27-16-20/h5-8,11-12,16-17H,4,9-10,13-15H2,1-3H3,(H2,22,23,24). The third-order valence-corrected chi connectivity index (χ3v) is 4.91. The van der Waals surface area contributed by atoms with Crippen LogP contribution < -0.4 is 10.6 Å². The lowest BCUT2D eigenvalue weighted by molar-refractivity contribution is 0.0453. The van der Waals surface area contributed by atoms with E-state index in [0.717, 1.165) is 25.7 Å². The summed E-state index contributed by atoms with van der Waals surface area (Å²) in [7, 11) is 1.80. The number of rotatable bonds is 11. The molecule has 0 saturated heterocycles. The molecule has 1 aromatic heterocycles. The predicted molar refractivity (Wildman–Crippen MR) is 114 cm³/mol. The summed E-state index contributed by atoms with van der Waals surface area (Å²) in [6, 6.07) is 10.6. The molecule has 1 unspecified atom stereocenters. The second-order valence-electron chi connectivity index (χ2n) is 6.33. The summed E-state index contributed by atoms with van der Waals surface area (Å²) in [5, 5.41) is 11.1. The number of nitrogens with zero attached hydrogens (tertiary/aromatic N) is 1. The molecule has 0 spiro atoms. The molecule has 2 rings (SSSR count). The minimum Gasteiger partial charge on any atom is -0.379 e. The van der Waals surface area contributed by atoms with Crippen LogP contribution in [0.2, 0.25) is 0 Å². The van der Waals surface area contributed by atoms with Crippen molar-refractivity contribution in [1.82, 2.24) is 10.6 Å². The van der Waals surface area contributed by atoms with Crippen molar-refractivity contribution < 1.29 is 9.47 Å². The predicted octanol–water partition coefficient (Wildman–Crippen LogP) is 3.77. The van der Waals surface area contributed by atoms with Crippen LogP contribution >= 0.6 is 11.3 Å². The molecular weight excluding hydrogens is 358 g/mol. The fraction of sp³-hybridized carbons (Fsp3) is 0.476. The van der Waals surface area contributed by atoms with E-state index in [1.54, 1.807) is 18.4 Å². The molecule has 0 aliphatic rings. The van der Waals surface area contributed by atoms with Crippen molar-refractivity contribution >= 4 is 17.3 Å². The fourth-order valence-corrected chi connectivity index (χ4v) is 3.39. The molecule has 0 radical (unpaired) electrons. The first kappa shape index (κ1) is 21.4. The first-order valence-electron chi connectivity index (χ1n) is 9.42. The lowest BCUT2D eigenvalue weighted by atomic mass is 10.1. The second kappa shape index (κ2) is 12.5. The van der Waals surface area contributed by atoms with Crippen molar-refractivity contribution in [2.24, 2.45) is 4.99 Å². The van der Waals surface area contributed by atoms with Gasteiger partial charge in [0, 0.05) is 26.7 Å². The Labute approximate surface area is 166 Å². The molecule has 148 valence electrons. The normalized spacial score (nSPS) is 12.8. The summed E-state index contributed by atoms with van der Waals surface area (Å²) in [6.45, 7) is 8.37. The number of hydrogen-bond donors (Lipinski definition) is 2. The number of ether oxygens (including phenoxy) is 2. The number of hydrogen-bond acceptors (Lipinski definition) is 4. The van der Waals surface area contributed by atoms with Crippen LogP contribution in [-0.2, 0) is 22.6 Å². The number of guanidine groups is 1.